The van der Waals surface area contributed by atoms with E-state index in [9.17, 15) is 9.90 Å². The van der Waals surface area contributed by atoms with Gasteiger partial charge in [-0.05, 0) is 68.4 Å². The molecule has 4 saturated carbocycles. The Hall–Kier alpha value is -1.88. The summed E-state index contributed by atoms with van der Waals surface area (Å²) in [4.78, 5) is 20.6. The predicted molar refractivity (Wildman–Crippen MR) is 99.3 cm³/mol. The number of nitrogens with zero attached hydrogens (tertiary/aromatic N) is 1. The topological polar surface area (TPSA) is 66.0 Å². The summed E-state index contributed by atoms with van der Waals surface area (Å²) in [6, 6.07) is 5.89. The number of aromatic amines is 1. The zero-order valence-electron chi connectivity index (χ0n) is 13.9. The average Bonchev–Trinajstić information content (AvgIpc) is 2.91. The third-order valence-corrected chi connectivity index (χ3v) is 7.95. The number of aromatic hydroxyl groups is 1. The minimum Gasteiger partial charge on any atom is -0.503 e. The third kappa shape index (κ3) is 1.93. The molecule has 0 atom stereocenters. The van der Waals surface area contributed by atoms with Crippen molar-refractivity contribution in [3.05, 3.63) is 34.2 Å². The molecule has 0 unspecified atom stereocenters. The standard InChI is InChI=1S/C20H20N2O2S/c23-14-6-15-17(22-18(14)24)13-1-2-16(21-19(13)25-15)20-7-10-3-11(8-20)5-12(4-10)9-20/h1-2,6,10-12,23H,3-5,7-9H2,(H,22,24). The lowest BCUT2D eigenvalue weighted by Gasteiger charge is -2.56. The third-order valence-electron chi connectivity index (χ3n) is 6.90. The lowest BCUT2D eigenvalue weighted by molar-refractivity contribution is -0.00704. The maximum atomic E-state index is 11.7. The summed E-state index contributed by atoms with van der Waals surface area (Å²) in [6.07, 6.45) is 8.22. The number of fused-ring (bicyclic) bond motifs is 3. The summed E-state index contributed by atoms with van der Waals surface area (Å²) < 4.78 is 0.891. The van der Waals surface area contributed by atoms with Crippen LogP contribution in [0.15, 0.2) is 23.0 Å². The molecule has 2 N–H and O–H groups in total. The van der Waals surface area contributed by atoms with E-state index < -0.39 is 5.56 Å². The van der Waals surface area contributed by atoms with Crippen molar-refractivity contribution < 1.29 is 5.11 Å². The van der Waals surface area contributed by atoms with Crippen LogP contribution in [0.5, 0.6) is 5.75 Å². The van der Waals surface area contributed by atoms with Crippen LogP contribution in [0.1, 0.15) is 44.2 Å². The molecule has 0 aromatic carbocycles. The zero-order valence-corrected chi connectivity index (χ0v) is 14.7. The number of aromatic nitrogens is 2. The van der Waals surface area contributed by atoms with Crippen molar-refractivity contribution in [1.29, 1.82) is 0 Å². The zero-order chi connectivity index (χ0) is 16.8. The van der Waals surface area contributed by atoms with Crippen molar-refractivity contribution in [2.24, 2.45) is 17.8 Å². The largest absolute Gasteiger partial charge is 0.503 e. The van der Waals surface area contributed by atoms with Gasteiger partial charge in [-0.25, -0.2) is 4.98 Å². The SMILES string of the molecule is O=c1[nH]c2c(cc1O)sc1nc(C34CC5CC(CC(C5)C3)C4)ccc12. The summed E-state index contributed by atoms with van der Waals surface area (Å²) in [5, 5.41) is 10.7. The quantitative estimate of drug-likeness (QED) is 0.686. The van der Waals surface area contributed by atoms with Crippen LogP contribution in [0.2, 0.25) is 0 Å². The Morgan fingerprint density at radius 3 is 2.48 bits per heavy atom. The number of H-pyrrole nitrogens is 1. The molecule has 4 aliphatic rings. The van der Waals surface area contributed by atoms with Gasteiger partial charge in [0.15, 0.2) is 5.75 Å². The molecule has 0 aliphatic heterocycles. The molecule has 4 bridgehead atoms. The second kappa shape index (κ2) is 4.64. The summed E-state index contributed by atoms with van der Waals surface area (Å²) in [6.45, 7) is 0. The fourth-order valence-corrected chi connectivity index (χ4v) is 7.38. The Morgan fingerprint density at radius 2 is 1.80 bits per heavy atom. The first-order valence-electron chi connectivity index (χ1n) is 9.26. The van der Waals surface area contributed by atoms with Crippen molar-refractivity contribution in [1.82, 2.24) is 9.97 Å². The molecule has 0 spiro atoms. The molecule has 3 aromatic heterocycles. The minimum atomic E-state index is -0.433. The molecule has 3 aromatic rings. The fraction of sp³-hybridized carbons (Fsp3) is 0.500. The monoisotopic (exact) mass is 352 g/mol. The van der Waals surface area contributed by atoms with Crippen molar-refractivity contribution >= 4 is 31.8 Å². The molecule has 5 heteroatoms. The number of nitrogens with one attached hydrogen (secondary N) is 1. The van der Waals surface area contributed by atoms with Gasteiger partial charge in [-0.2, -0.15) is 0 Å². The van der Waals surface area contributed by atoms with Crippen molar-refractivity contribution in [2.45, 2.75) is 43.9 Å². The van der Waals surface area contributed by atoms with Gasteiger partial charge in [0.2, 0.25) is 0 Å². The van der Waals surface area contributed by atoms with Crippen LogP contribution in [0.3, 0.4) is 0 Å². The molecule has 4 nitrogen and oxygen atoms in total. The predicted octanol–water partition coefficient (Wildman–Crippen LogP) is 4.31. The van der Waals surface area contributed by atoms with Gasteiger partial charge in [-0.3, -0.25) is 4.79 Å². The molecular formula is C20H20N2O2S. The van der Waals surface area contributed by atoms with Gasteiger partial charge in [0, 0.05) is 22.6 Å². The van der Waals surface area contributed by atoms with E-state index in [4.69, 9.17) is 4.98 Å². The first-order chi connectivity index (χ1) is 12.1. The summed E-state index contributed by atoms with van der Waals surface area (Å²) in [5.41, 5.74) is 1.91. The van der Waals surface area contributed by atoms with E-state index in [1.165, 1.54) is 44.2 Å². The molecule has 0 amide bonds. The average molecular weight is 352 g/mol. The van der Waals surface area contributed by atoms with Gasteiger partial charge < -0.3 is 10.1 Å². The van der Waals surface area contributed by atoms with Gasteiger partial charge in [0.25, 0.3) is 5.56 Å². The second-order valence-corrected chi connectivity index (χ2v) is 9.60. The van der Waals surface area contributed by atoms with Gasteiger partial charge >= 0.3 is 0 Å². The number of hydrogen-bond donors (Lipinski definition) is 2. The molecule has 128 valence electrons. The van der Waals surface area contributed by atoms with Gasteiger partial charge in [-0.15, -0.1) is 11.3 Å². The van der Waals surface area contributed by atoms with E-state index in [2.05, 4.69) is 17.1 Å². The number of pyridine rings is 2. The molecule has 4 fully saturated rings. The highest BCUT2D eigenvalue weighted by molar-refractivity contribution is 7.25. The van der Waals surface area contributed by atoms with E-state index >= 15 is 0 Å². The Balaban J connectivity index is 1.53. The normalized spacial score (nSPS) is 33.5. The first kappa shape index (κ1) is 14.3. The number of hydrogen-bond acceptors (Lipinski definition) is 4. The maximum Gasteiger partial charge on any atom is 0.290 e. The maximum absolute atomic E-state index is 11.7. The summed E-state index contributed by atoms with van der Waals surface area (Å²) in [5.74, 6) is 2.48. The molecule has 4 aliphatic carbocycles. The molecule has 7 rings (SSSR count). The fourth-order valence-electron chi connectivity index (χ4n) is 6.31. The van der Waals surface area contributed by atoms with E-state index in [0.29, 0.717) is 0 Å². The summed E-state index contributed by atoms with van der Waals surface area (Å²) >= 11 is 1.56. The van der Waals surface area contributed by atoms with E-state index in [-0.39, 0.29) is 11.2 Å². The number of thiophene rings is 1. The van der Waals surface area contributed by atoms with Gasteiger partial charge in [-0.1, -0.05) is 0 Å². The van der Waals surface area contributed by atoms with Gasteiger partial charge in [0.1, 0.15) is 4.83 Å². The van der Waals surface area contributed by atoms with E-state index in [1.54, 1.807) is 17.4 Å². The van der Waals surface area contributed by atoms with Crippen LogP contribution in [-0.2, 0) is 5.41 Å². The molecule has 0 saturated heterocycles. The highest BCUT2D eigenvalue weighted by atomic mass is 32.1. The second-order valence-electron chi connectivity index (χ2n) is 8.57. The van der Waals surface area contributed by atoms with Crippen LogP contribution in [0.4, 0.5) is 0 Å². The van der Waals surface area contributed by atoms with Crippen LogP contribution in [-0.4, -0.2) is 15.1 Å². The lowest BCUT2D eigenvalue weighted by atomic mass is 9.49. The number of rotatable bonds is 1. The smallest absolute Gasteiger partial charge is 0.290 e. The van der Waals surface area contributed by atoms with Crippen LogP contribution < -0.4 is 5.56 Å². The van der Waals surface area contributed by atoms with Crippen LogP contribution >= 0.6 is 11.3 Å². The summed E-state index contributed by atoms with van der Waals surface area (Å²) in [7, 11) is 0. The van der Waals surface area contributed by atoms with Crippen molar-refractivity contribution in [3.63, 3.8) is 0 Å². The van der Waals surface area contributed by atoms with E-state index in [0.717, 1.165) is 38.2 Å². The highest BCUT2D eigenvalue weighted by Gasteiger charge is 2.52. The Kier molecular flexibility index (Phi) is 2.65. The van der Waals surface area contributed by atoms with Gasteiger partial charge in [0.05, 0.1) is 10.2 Å². The molecule has 3 heterocycles. The van der Waals surface area contributed by atoms with Crippen molar-refractivity contribution in [2.75, 3.05) is 0 Å². The first-order valence-corrected chi connectivity index (χ1v) is 10.1. The minimum absolute atomic E-state index is 0.222. The molecule has 0 radical (unpaired) electrons. The van der Waals surface area contributed by atoms with E-state index in [1.807, 2.05) is 0 Å². The van der Waals surface area contributed by atoms with Crippen molar-refractivity contribution in [3.8, 4) is 5.75 Å². The highest BCUT2D eigenvalue weighted by Crippen LogP contribution is 2.60. The Bertz CT molecular complexity index is 1050. The Labute approximate surface area is 148 Å². The van der Waals surface area contributed by atoms with Crippen LogP contribution in [0.25, 0.3) is 20.4 Å². The lowest BCUT2D eigenvalue weighted by Crippen LogP contribution is -2.48. The molecular weight excluding hydrogens is 332 g/mol. The molecule has 25 heavy (non-hydrogen) atoms. The Morgan fingerprint density at radius 1 is 1.12 bits per heavy atom. The van der Waals surface area contributed by atoms with Crippen LogP contribution in [0, 0.1) is 17.8 Å².